The Hall–Kier alpha value is -0.870. The quantitative estimate of drug-likeness (QED) is 0.791. The summed E-state index contributed by atoms with van der Waals surface area (Å²) in [6.07, 6.45) is -5.58. The molecular formula is C12H15ClF3NO4S. The smallest absolute Gasteiger partial charge is 0.354 e. The molecule has 0 bridgehead atoms. The van der Waals surface area contributed by atoms with Crippen LogP contribution in [0, 0.1) is 0 Å². The Kier molecular flexibility index (Phi) is 6.22. The van der Waals surface area contributed by atoms with Gasteiger partial charge in [0.2, 0.25) is 10.0 Å². The summed E-state index contributed by atoms with van der Waals surface area (Å²) < 4.78 is 74.4. The second-order valence-electron chi connectivity index (χ2n) is 4.39. The van der Waals surface area contributed by atoms with Crippen LogP contribution in [0.25, 0.3) is 0 Å². The molecule has 0 heterocycles. The maximum Gasteiger partial charge on any atom is 0.416 e. The molecule has 0 saturated heterocycles. The van der Waals surface area contributed by atoms with Crippen LogP contribution in [-0.4, -0.2) is 35.0 Å². The van der Waals surface area contributed by atoms with Crippen molar-refractivity contribution in [1.82, 2.24) is 4.72 Å². The van der Waals surface area contributed by atoms with Crippen LogP contribution in [0.2, 0.25) is 5.02 Å². The highest BCUT2D eigenvalue weighted by atomic mass is 35.5. The fraction of sp³-hybridized carbons (Fsp3) is 0.500. The van der Waals surface area contributed by atoms with Crippen LogP contribution in [0.1, 0.15) is 12.5 Å². The number of ether oxygens (including phenoxy) is 2. The van der Waals surface area contributed by atoms with E-state index >= 15 is 0 Å². The number of sulfonamides is 1. The molecule has 0 spiro atoms. The Labute approximate surface area is 131 Å². The summed E-state index contributed by atoms with van der Waals surface area (Å²) in [7, 11) is -1.68. The van der Waals surface area contributed by atoms with Gasteiger partial charge < -0.3 is 9.47 Å². The molecule has 5 nitrogen and oxygen atoms in total. The number of hydrogen-bond donors (Lipinski definition) is 1. The van der Waals surface area contributed by atoms with Crippen molar-refractivity contribution < 1.29 is 31.1 Å². The van der Waals surface area contributed by atoms with Gasteiger partial charge in [-0.1, -0.05) is 11.6 Å². The first-order chi connectivity index (χ1) is 10.0. The molecule has 22 heavy (non-hydrogen) atoms. The van der Waals surface area contributed by atoms with Gasteiger partial charge in [0, 0.05) is 14.2 Å². The van der Waals surface area contributed by atoms with E-state index in [4.69, 9.17) is 21.1 Å². The van der Waals surface area contributed by atoms with Crippen LogP contribution in [0.15, 0.2) is 23.1 Å². The van der Waals surface area contributed by atoms with E-state index < -0.39 is 39.0 Å². The molecular weight excluding hydrogens is 347 g/mol. The van der Waals surface area contributed by atoms with Gasteiger partial charge in [-0.05, 0) is 25.1 Å². The monoisotopic (exact) mass is 361 g/mol. The normalized spacial score (nSPS) is 14.4. The van der Waals surface area contributed by atoms with Crippen LogP contribution < -0.4 is 4.72 Å². The summed E-state index contributed by atoms with van der Waals surface area (Å²) in [4.78, 5) is -0.665. The van der Waals surface area contributed by atoms with Crippen LogP contribution >= 0.6 is 11.6 Å². The van der Waals surface area contributed by atoms with Crippen LogP contribution in [0.5, 0.6) is 0 Å². The predicted octanol–water partition coefficient (Wildman–Crippen LogP) is 2.64. The van der Waals surface area contributed by atoms with Crippen molar-refractivity contribution in [2.24, 2.45) is 0 Å². The van der Waals surface area contributed by atoms with Gasteiger partial charge >= 0.3 is 6.18 Å². The van der Waals surface area contributed by atoms with E-state index in [1.54, 1.807) is 0 Å². The van der Waals surface area contributed by atoms with Gasteiger partial charge in [0.05, 0.1) is 16.6 Å². The molecule has 1 aromatic rings. The first kappa shape index (κ1) is 19.2. The highest BCUT2D eigenvalue weighted by molar-refractivity contribution is 7.89. The van der Waals surface area contributed by atoms with E-state index in [2.05, 4.69) is 4.72 Å². The second-order valence-corrected chi connectivity index (χ2v) is 6.48. The molecule has 0 aromatic heterocycles. The van der Waals surface area contributed by atoms with Crippen molar-refractivity contribution in [2.75, 3.05) is 14.2 Å². The van der Waals surface area contributed by atoms with Gasteiger partial charge in [-0.3, -0.25) is 0 Å². The number of nitrogens with one attached hydrogen (secondary N) is 1. The zero-order chi connectivity index (χ0) is 17.1. The summed E-state index contributed by atoms with van der Waals surface area (Å²) in [5.74, 6) is 0. The lowest BCUT2D eigenvalue weighted by molar-refractivity contribution is -0.137. The Morgan fingerprint density at radius 1 is 1.23 bits per heavy atom. The van der Waals surface area contributed by atoms with E-state index in [1.165, 1.54) is 21.1 Å². The Morgan fingerprint density at radius 3 is 2.23 bits per heavy atom. The van der Waals surface area contributed by atoms with E-state index in [1.807, 2.05) is 0 Å². The largest absolute Gasteiger partial charge is 0.416 e. The molecule has 126 valence electrons. The van der Waals surface area contributed by atoms with Crippen LogP contribution in [0.4, 0.5) is 13.2 Å². The third kappa shape index (κ3) is 4.56. The summed E-state index contributed by atoms with van der Waals surface area (Å²) >= 11 is 5.71. The lowest BCUT2D eigenvalue weighted by atomic mass is 10.2. The molecule has 0 amide bonds. The topological polar surface area (TPSA) is 64.6 Å². The van der Waals surface area contributed by atoms with E-state index in [-0.39, 0.29) is 5.02 Å². The summed E-state index contributed by atoms with van der Waals surface area (Å²) in [5.41, 5.74) is -1.11. The number of methoxy groups -OCH3 is 2. The molecule has 1 aromatic carbocycles. The lowest BCUT2D eigenvalue weighted by Gasteiger charge is -2.22. The Morgan fingerprint density at radius 2 is 1.77 bits per heavy atom. The van der Waals surface area contributed by atoms with E-state index in [0.717, 1.165) is 6.07 Å². The molecule has 0 saturated carbocycles. The number of hydrogen-bond acceptors (Lipinski definition) is 4. The van der Waals surface area contributed by atoms with Crippen molar-refractivity contribution in [3.05, 3.63) is 28.8 Å². The number of halogens is 4. The zero-order valence-corrected chi connectivity index (χ0v) is 13.5. The SMILES string of the molecule is COC(OC)C(C)NS(=O)(=O)c1cc(C(F)(F)F)ccc1Cl. The average Bonchev–Trinajstić information content (AvgIpc) is 2.38. The molecule has 0 aliphatic heterocycles. The van der Waals surface area contributed by atoms with Gasteiger partial charge in [-0.15, -0.1) is 0 Å². The molecule has 0 aliphatic rings. The Bertz CT molecular complexity index is 617. The zero-order valence-electron chi connectivity index (χ0n) is 11.9. The number of rotatable bonds is 6. The highest BCUT2D eigenvalue weighted by Gasteiger charge is 2.33. The van der Waals surface area contributed by atoms with Crippen LogP contribution in [0.3, 0.4) is 0 Å². The predicted molar refractivity (Wildman–Crippen MR) is 74.0 cm³/mol. The van der Waals surface area contributed by atoms with Gasteiger partial charge in [-0.2, -0.15) is 13.2 Å². The molecule has 1 unspecified atom stereocenters. The van der Waals surface area contributed by atoms with Gasteiger partial charge in [0.15, 0.2) is 6.29 Å². The molecule has 0 aliphatic carbocycles. The molecule has 0 radical (unpaired) electrons. The molecule has 1 rings (SSSR count). The van der Waals surface area contributed by atoms with Gasteiger partial charge in [0.1, 0.15) is 4.90 Å². The summed E-state index contributed by atoms with van der Waals surface area (Å²) in [6, 6.07) is 1.23. The number of benzene rings is 1. The average molecular weight is 362 g/mol. The standard InChI is InChI=1S/C12H15ClF3NO4S/c1-7(11(20-2)21-3)17-22(18,19)10-6-8(12(14,15)16)4-5-9(10)13/h4-7,11,17H,1-3H3. The number of alkyl halides is 3. The van der Waals surface area contributed by atoms with Gasteiger partial charge in [0.25, 0.3) is 0 Å². The summed E-state index contributed by atoms with van der Waals surface area (Å²) in [6.45, 7) is 1.44. The van der Waals surface area contributed by atoms with Crippen molar-refractivity contribution in [3.8, 4) is 0 Å². The molecule has 0 fully saturated rings. The molecule has 10 heteroatoms. The first-order valence-electron chi connectivity index (χ1n) is 5.97. The highest BCUT2D eigenvalue weighted by Crippen LogP contribution is 2.33. The molecule has 1 atom stereocenters. The van der Waals surface area contributed by atoms with E-state index in [0.29, 0.717) is 12.1 Å². The molecule has 1 N–H and O–H groups in total. The Balaban J connectivity index is 3.18. The maximum absolute atomic E-state index is 12.7. The van der Waals surface area contributed by atoms with Gasteiger partial charge in [-0.25, -0.2) is 13.1 Å². The lowest BCUT2D eigenvalue weighted by Crippen LogP contribution is -2.42. The minimum atomic E-state index is -4.68. The minimum Gasteiger partial charge on any atom is -0.354 e. The maximum atomic E-state index is 12.7. The minimum absolute atomic E-state index is 0.320. The second kappa shape index (κ2) is 7.14. The fourth-order valence-electron chi connectivity index (χ4n) is 1.75. The fourth-order valence-corrected chi connectivity index (χ4v) is 3.51. The van der Waals surface area contributed by atoms with Crippen molar-refractivity contribution in [3.63, 3.8) is 0 Å². The van der Waals surface area contributed by atoms with Crippen LogP contribution in [-0.2, 0) is 25.7 Å². The van der Waals surface area contributed by atoms with E-state index in [9.17, 15) is 21.6 Å². The van der Waals surface area contributed by atoms with Crippen molar-refractivity contribution >= 4 is 21.6 Å². The third-order valence-electron chi connectivity index (χ3n) is 2.76. The van der Waals surface area contributed by atoms with Crippen molar-refractivity contribution in [1.29, 1.82) is 0 Å². The third-order valence-corrected chi connectivity index (χ3v) is 4.80. The summed E-state index contributed by atoms with van der Waals surface area (Å²) in [5, 5.41) is -0.320. The van der Waals surface area contributed by atoms with Crippen molar-refractivity contribution in [2.45, 2.75) is 30.3 Å². The first-order valence-corrected chi connectivity index (χ1v) is 7.83.